The second-order valence-corrected chi connectivity index (χ2v) is 17.9. The number of methoxy groups -OCH3 is 1. The van der Waals surface area contributed by atoms with Crippen LogP contribution in [0.4, 0.5) is 5.69 Å². The quantitative estimate of drug-likeness (QED) is 0.111. The maximum atomic E-state index is 16.1. The molecule has 5 aliphatic rings. The van der Waals surface area contributed by atoms with Crippen LogP contribution in [0.1, 0.15) is 57.1 Å². The van der Waals surface area contributed by atoms with E-state index in [4.69, 9.17) is 23.7 Å². The molecule has 6 unspecified atom stereocenters. The Morgan fingerprint density at radius 1 is 0.739 bits per heavy atom. The molecule has 5 heterocycles. The van der Waals surface area contributed by atoms with Gasteiger partial charge in [0, 0.05) is 49.5 Å². The van der Waals surface area contributed by atoms with Gasteiger partial charge in [-0.15, -0.1) is 0 Å². The first kappa shape index (κ1) is 43.9. The van der Waals surface area contributed by atoms with Gasteiger partial charge in [-0.2, -0.15) is 0 Å². The van der Waals surface area contributed by atoms with E-state index in [2.05, 4.69) is 27.0 Å². The van der Waals surface area contributed by atoms with Gasteiger partial charge in [-0.25, -0.2) is 0 Å². The highest BCUT2D eigenvalue weighted by Crippen LogP contribution is 2.65. The van der Waals surface area contributed by atoms with E-state index in [1.165, 1.54) is 0 Å². The van der Waals surface area contributed by atoms with E-state index in [1.807, 2.05) is 138 Å². The van der Waals surface area contributed by atoms with E-state index < -0.39 is 47.4 Å². The summed E-state index contributed by atoms with van der Waals surface area (Å²) in [6.45, 7) is 2.64. The third kappa shape index (κ3) is 7.90. The second-order valence-electron chi connectivity index (χ2n) is 17.9. The van der Waals surface area contributed by atoms with Crippen molar-refractivity contribution in [3.05, 3.63) is 185 Å². The Hall–Kier alpha value is -7.63. The number of ether oxygens (including phenoxy) is 5. The fourth-order valence-corrected chi connectivity index (χ4v) is 11.0. The summed E-state index contributed by atoms with van der Waals surface area (Å²) in [5, 5.41) is 12.8. The smallest absolute Gasteiger partial charge is 0.324 e. The number of carbonyl (C=O) groups excluding carboxylic acids is 3. The summed E-state index contributed by atoms with van der Waals surface area (Å²) in [6.07, 6.45) is -0.803. The molecule has 1 spiro atoms. The minimum absolute atomic E-state index is 0.0955. The molecule has 13 heteroatoms. The van der Waals surface area contributed by atoms with Crippen LogP contribution in [0.3, 0.4) is 0 Å². The molecule has 13 nitrogen and oxygen atoms in total. The number of aliphatic hydroxyl groups excluding tert-OH is 1. The lowest BCUT2D eigenvalue weighted by molar-refractivity contribution is -0.179. The number of nitrogens with zero attached hydrogens (tertiary/aromatic N) is 3. The monoisotopic (exact) mass is 922 g/mol. The van der Waals surface area contributed by atoms with Crippen molar-refractivity contribution in [2.75, 3.05) is 58.6 Å². The van der Waals surface area contributed by atoms with E-state index in [-0.39, 0.29) is 25.9 Å². The molecule has 0 aromatic heterocycles. The fraction of sp³-hybridized carbons (Fsp3) is 0.268. The average Bonchev–Trinajstić information content (AvgIpc) is 4.08. The van der Waals surface area contributed by atoms with Crippen molar-refractivity contribution in [1.29, 1.82) is 0 Å². The summed E-state index contributed by atoms with van der Waals surface area (Å²) in [5.74, 6) is 6.73. The summed E-state index contributed by atoms with van der Waals surface area (Å²) in [6, 6.07) is 43.2. The van der Waals surface area contributed by atoms with Crippen molar-refractivity contribution in [3.8, 4) is 34.8 Å². The van der Waals surface area contributed by atoms with Crippen LogP contribution in [0.2, 0.25) is 0 Å². The maximum absolute atomic E-state index is 16.1. The number of fused-ring (bicyclic) bond motifs is 4. The van der Waals surface area contributed by atoms with Gasteiger partial charge in [0.15, 0.2) is 11.5 Å². The van der Waals surface area contributed by atoms with E-state index >= 15 is 14.4 Å². The molecule has 3 fully saturated rings. The number of morpholine rings is 1. The molecular formula is C56H50N4O9. The number of amides is 2. The van der Waals surface area contributed by atoms with Gasteiger partial charge < -0.3 is 39.0 Å². The summed E-state index contributed by atoms with van der Waals surface area (Å²) in [4.78, 5) is 53.5. The van der Waals surface area contributed by atoms with E-state index in [1.54, 1.807) is 19.2 Å². The number of hydrogen-bond acceptors (Lipinski definition) is 11. The first-order valence-electron chi connectivity index (χ1n) is 23.3. The Balaban J connectivity index is 1.07. The molecule has 69 heavy (non-hydrogen) atoms. The maximum Gasteiger partial charge on any atom is 0.324 e. The highest BCUT2D eigenvalue weighted by Gasteiger charge is 2.74. The van der Waals surface area contributed by atoms with Gasteiger partial charge in [0.1, 0.15) is 35.7 Å². The summed E-state index contributed by atoms with van der Waals surface area (Å²) >= 11 is 0. The third-order valence-corrected chi connectivity index (χ3v) is 14.1. The van der Waals surface area contributed by atoms with Crippen LogP contribution in [0.25, 0.3) is 0 Å². The number of rotatable bonds is 10. The number of anilines is 1. The number of esters is 1. The lowest BCUT2D eigenvalue weighted by atomic mass is 9.65. The number of hydrogen-bond donors (Lipinski definition) is 2. The molecule has 3 saturated heterocycles. The molecule has 6 atom stereocenters. The molecule has 2 amide bonds. The van der Waals surface area contributed by atoms with E-state index in [9.17, 15) is 5.11 Å². The average molecular weight is 923 g/mol. The van der Waals surface area contributed by atoms with Crippen molar-refractivity contribution in [3.63, 3.8) is 0 Å². The number of cyclic esters (lactones) is 1. The largest absolute Gasteiger partial charge is 0.497 e. The summed E-state index contributed by atoms with van der Waals surface area (Å²) in [5.41, 5.74) is 4.23. The van der Waals surface area contributed by atoms with Gasteiger partial charge in [-0.1, -0.05) is 90.7 Å². The molecule has 0 bridgehead atoms. The number of carbonyl (C=O) groups is 3. The Kier molecular flexibility index (Phi) is 11.7. The molecule has 0 saturated carbocycles. The number of aliphatic hydroxyl groups is 1. The van der Waals surface area contributed by atoms with Crippen LogP contribution in [0.5, 0.6) is 23.0 Å². The Morgan fingerprint density at radius 3 is 2.14 bits per heavy atom. The van der Waals surface area contributed by atoms with Crippen molar-refractivity contribution in [1.82, 2.24) is 14.7 Å². The lowest BCUT2D eigenvalue weighted by Crippen LogP contribution is -2.58. The molecule has 11 rings (SSSR count). The third-order valence-electron chi connectivity index (χ3n) is 14.1. The van der Waals surface area contributed by atoms with Crippen LogP contribution in [-0.2, 0) is 31.1 Å². The summed E-state index contributed by atoms with van der Waals surface area (Å²) in [7, 11) is 1.61. The van der Waals surface area contributed by atoms with E-state index in [0.29, 0.717) is 72.4 Å². The molecule has 2 N–H and O–H groups in total. The molecule has 5 aliphatic heterocycles. The Bertz CT molecular complexity index is 2950. The zero-order valence-electron chi connectivity index (χ0n) is 38.0. The fourth-order valence-electron chi connectivity index (χ4n) is 11.0. The van der Waals surface area contributed by atoms with Gasteiger partial charge >= 0.3 is 5.97 Å². The van der Waals surface area contributed by atoms with Gasteiger partial charge in [0.25, 0.3) is 0 Å². The zero-order valence-corrected chi connectivity index (χ0v) is 38.0. The van der Waals surface area contributed by atoms with Crippen LogP contribution < -0.4 is 24.3 Å². The Labute approximate surface area is 400 Å². The van der Waals surface area contributed by atoms with Crippen LogP contribution in [-0.4, -0.2) is 96.9 Å². The topological polar surface area (TPSA) is 139 Å². The minimum atomic E-state index is -1.68. The predicted octanol–water partition coefficient (Wildman–Crippen LogP) is 6.81. The molecule has 6 aromatic carbocycles. The molecule has 348 valence electrons. The highest BCUT2D eigenvalue weighted by molar-refractivity contribution is 6.12. The Morgan fingerprint density at radius 2 is 1.42 bits per heavy atom. The minimum Gasteiger partial charge on any atom is -0.497 e. The number of piperazine rings is 1. The van der Waals surface area contributed by atoms with Crippen molar-refractivity contribution in [2.24, 2.45) is 5.92 Å². The van der Waals surface area contributed by atoms with Gasteiger partial charge in [-0.3, -0.25) is 24.2 Å². The predicted molar refractivity (Wildman–Crippen MR) is 255 cm³/mol. The molecule has 0 aliphatic carbocycles. The van der Waals surface area contributed by atoms with Gasteiger partial charge in [-0.05, 0) is 94.5 Å². The van der Waals surface area contributed by atoms with Gasteiger partial charge in [0.05, 0.1) is 31.7 Å². The van der Waals surface area contributed by atoms with E-state index in [0.717, 1.165) is 28.0 Å². The van der Waals surface area contributed by atoms with Crippen LogP contribution >= 0.6 is 0 Å². The van der Waals surface area contributed by atoms with Gasteiger partial charge in [0.2, 0.25) is 18.6 Å². The molecule has 0 radical (unpaired) electrons. The number of benzene rings is 6. The van der Waals surface area contributed by atoms with Crippen molar-refractivity contribution < 1.29 is 43.2 Å². The normalized spacial score (nSPS) is 23.6. The standard InChI is InChI=1S/C56H50N4O9/c1-65-42-20-14-36(15-21-42)12-13-37-16-24-45-44(32-37)56(55(64)57-45)48(53(62)59-28-26-58(27-29-59)34-38-17-25-46-47(33-38)68-35-67-46)50-54(63)69-51(40-10-6-3-7-11-40)49(39-8-4-2-5-9-39)60(50)52(56)41-18-22-43(23-19-41)66-31-30-61/h2-11,14-25,32-33,48-52,61H,26-31,34-35H2,1H3,(H,57,64). The zero-order chi connectivity index (χ0) is 47.1. The SMILES string of the molecule is COc1ccc(C#Cc2ccc3c(c2)C2(C(=O)N3)C(C(=O)N3CCN(Cc4ccc5c(c4)OCO5)CC3)C3C(=O)OC(c4ccccc4)C(c4ccccc4)N3C2c2ccc(OCCO)cc2)cc1. The van der Waals surface area contributed by atoms with Crippen LogP contribution in [0, 0.1) is 17.8 Å². The molecule has 6 aromatic rings. The first-order valence-corrected chi connectivity index (χ1v) is 23.3. The first-order chi connectivity index (χ1) is 33.8. The highest BCUT2D eigenvalue weighted by atomic mass is 16.7. The number of nitrogens with one attached hydrogen (secondary N) is 1. The van der Waals surface area contributed by atoms with Crippen molar-refractivity contribution in [2.45, 2.75) is 36.2 Å². The lowest BCUT2D eigenvalue weighted by Gasteiger charge is -2.46. The summed E-state index contributed by atoms with van der Waals surface area (Å²) < 4.78 is 29.0. The second kappa shape index (κ2) is 18.5. The van der Waals surface area contributed by atoms with Crippen molar-refractivity contribution >= 4 is 23.5 Å². The molecular weight excluding hydrogens is 873 g/mol. The van der Waals surface area contributed by atoms with Crippen LogP contribution in [0.15, 0.2) is 146 Å².